The summed E-state index contributed by atoms with van der Waals surface area (Å²) in [6.07, 6.45) is 1.12. The SMILES string of the molecule is Cc1ccc(S(=O)(=O)OCC2CCN(C)C(=O)C2)cc1. The fourth-order valence-electron chi connectivity index (χ4n) is 2.11. The molecule has 1 heterocycles. The van der Waals surface area contributed by atoms with E-state index in [9.17, 15) is 13.2 Å². The van der Waals surface area contributed by atoms with E-state index in [1.807, 2.05) is 6.92 Å². The molecule has 20 heavy (non-hydrogen) atoms. The summed E-state index contributed by atoms with van der Waals surface area (Å²) in [5.74, 6) is 0.0107. The van der Waals surface area contributed by atoms with E-state index < -0.39 is 10.1 Å². The first kappa shape index (κ1) is 15.0. The molecule has 110 valence electrons. The fraction of sp³-hybridized carbons (Fsp3) is 0.500. The number of benzene rings is 1. The molecule has 0 spiro atoms. The van der Waals surface area contributed by atoms with Crippen LogP contribution in [-0.4, -0.2) is 39.4 Å². The van der Waals surface area contributed by atoms with Crippen molar-refractivity contribution in [1.29, 1.82) is 0 Å². The summed E-state index contributed by atoms with van der Waals surface area (Å²) in [4.78, 5) is 13.4. The number of carbonyl (C=O) groups excluding carboxylic acids is 1. The standard InChI is InChI=1S/C14H19NO4S/c1-11-3-5-13(6-4-11)20(17,18)19-10-12-7-8-15(2)14(16)9-12/h3-6,12H,7-10H2,1-2H3. The quantitative estimate of drug-likeness (QED) is 0.791. The zero-order valence-electron chi connectivity index (χ0n) is 11.7. The summed E-state index contributed by atoms with van der Waals surface area (Å²) in [7, 11) is -1.98. The average molecular weight is 297 g/mol. The molecule has 1 aromatic carbocycles. The first-order valence-electron chi connectivity index (χ1n) is 6.58. The number of carbonyl (C=O) groups is 1. The van der Waals surface area contributed by atoms with Crippen LogP contribution in [0.3, 0.4) is 0 Å². The number of piperidine rings is 1. The topological polar surface area (TPSA) is 63.7 Å². The van der Waals surface area contributed by atoms with E-state index in [0.29, 0.717) is 13.0 Å². The molecular formula is C14H19NO4S. The van der Waals surface area contributed by atoms with Crippen LogP contribution in [-0.2, 0) is 19.1 Å². The molecule has 1 atom stereocenters. The van der Waals surface area contributed by atoms with E-state index in [1.165, 1.54) is 12.1 Å². The Labute approximate surface area is 119 Å². The van der Waals surface area contributed by atoms with Gasteiger partial charge in [-0.2, -0.15) is 8.42 Å². The number of nitrogens with zero attached hydrogens (tertiary/aromatic N) is 1. The first-order chi connectivity index (χ1) is 9.38. The summed E-state index contributed by atoms with van der Waals surface area (Å²) in [6, 6.07) is 6.53. The van der Waals surface area contributed by atoms with Crippen molar-refractivity contribution in [2.75, 3.05) is 20.2 Å². The van der Waals surface area contributed by atoms with Gasteiger partial charge in [-0.3, -0.25) is 8.98 Å². The highest BCUT2D eigenvalue weighted by atomic mass is 32.2. The molecule has 0 radical (unpaired) electrons. The summed E-state index contributed by atoms with van der Waals surface area (Å²) >= 11 is 0. The van der Waals surface area contributed by atoms with Gasteiger partial charge in [0.1, 0.15) is 0 Å². The van der Waals surface area contributed by atoms with Crippen LogP contribution in [0.4, 0.5) is 0 Å². The van der Waals surface area contributed by atoms with Gasteiger partial charge < -0.3 is 4.90 Å². The third kappa shape index (κ3) is 3.58. The fourth-order valence-corrected chi connectivity index (χ4v) is 3.08. The number of aryl methyl sites for hydroxylation is 1. The Morgan fingerprint density at radius 3 is 2.55 bits per heavy atom. The molecule has 5 nitrogen and oxygen atoms in total. The van der Waals surface area contributed by atoms with Crippen molar-refractivity contribution < 1.29 is 17.4 Å². The second kappa shape index (κ2) is 5.93. The second-order valence-corrected chi connectivity index (χ2v) is 6.84. The normalized spacial score (nSPS) is 20.2. The van der Waals surface area contributed by atoms with Crippen molar-refractivity contribution >= 4 is 16.0 Å². The van der Waals surface area contributed by atoms with Crippen LogP contribution in [0, 0.1) is 12.8 Å². The Balaban J connectivity index is 1.96. The molecule has 1 saturated heterocycles. The third-order valence-corrected chi connectivity index (χ3v) is 4.83. The Morgan fingerprint density at radius 2 is 1.95 bits per heavy atom. The zero-order chi connectivity index (χ0) is 14.8. The van der Waals surface area contributed by atoms with Crippen LogP contribution >= 0.6 is 0 Å². The van der Waals surface area contributed by atoms with Crippen molar-refractivity contribution in [2.45, 2.75) is 24.7 Å². The van der Waals surface area contributed by atoms with Crippen LogP contribution in [0.1, 0.15) is 18.4 Å². The van der Waals surface area contributed by atoms with E-state index >= 15 is 0 Å². The minimum Gasteiger partial charge on any atom is -0.346 e. The zero-order valence-corrected chi connectivity index (χ0v) is 12.5. The Hall–Kier alpha value is -1.40. The lowest BCUT2D eigenvalue weighted by atomic mass is 9.98. The molecule has 0 aromatic heterocycles. The van der Waals surface area contributed by atoms with Gasteiger partial charge in [-0.05, 0) is 31.4 Å². The van der Waals surface area contributed by atoms with Crippen molar-refractivity contribution in [3.05, 3.63) is 29.8 Å². The van der Waals surface area contributed by atoms with Crippen molar-refractivity contribution in [1.82, 2.24) is 4.90 Å². The number of rotatable bonds is 4. The van der Waals surface area contributed by atoms with Gasteiger partial charge in [-0.25, -0.2) is 0 Å². The molecule has 1 unspecified atom stereocenters. The second-order valence-electron chi connectivity index (χ2n) is 5.23. The number of amides is 1. The van der Waals surface area contributed by atoms with Gasteiger partial charge in [0.2, 0.25) is 5.91 Å². The molecule has 1 amide bonds. The molecule has 1 aliphatic heterocycles. The number of hydrogen-bond acceptors (Lipinski definition) is 4. The van der Waals surface area contributed by atoms with Gasteiger partial charge in [-0.1, -0.05) is 17.7 Å². The highest BCUT2D eigenvalue weighted by Gasteiger charge is 2.25. The highest BCUT2D eigenvalue weighted by molar-refractivity contribution is 7.86. The molecule has 1 fully saturated rings. The lowest BCUT2D eigenvalue weighted by Crippen LogP contribution is -2.37. The summed E-state index contributed by atoms with van der Waals surface area (Å²) in [5, 5.41) is 0. The Morgan fingerprint density at radius 1 is 1.30 bits per heavy atom. The molecule has 0 N–H and O–H groups in total. The number of likely N-dealkylation sites (tertiary alicyclic amines) is 1. The van der Waals surface area contributed by atoms with Gasteiger partial charge in [0.25, 0.3) is 10.1 Å². The van der Waals surface area contributed by atoms with Crippen molar-refractivity contribution in [3.63, 3.8) is 0 Å². The Bertz CT molecular complexity index is 580. The highest BCUT2D eigenvalue weighted by Crippen LogP contribution is 2.20. The van der Waals surface area contributed by atoms with Gasteiger partial charge in [0.05, 0.1) is 11.5 Å². The van der Waals surface area contributed by atoms with E-state index in [0.717, 1.165) is 12.0 Å². The smallest absolute Gasteiger partial charge is 0.296 e. The summed E-state index contributed by atoms with van der Waals surface area (Å²) in [5.41, 5.74) is 0.991. The maximum Gasteiger partial charge on any atom is 0.296 e. The maximum atomic E-state index is 12.0. The van der Waals surface area contributed by atoms with Gasteiger partial charge in [-0.15, -0.1) is 0 Å². The van der Waals surface area contributed by atoms with Crippen molar-refractivity contribution in [3.8, 4) is 0 Å². The molecule has 1 aromatic rings. The predicted octanol–water partition coefficient (Wildman–Crippen LogP) is 1.57. The van der Waals surface area contributed by atoms with Gasteiger partial charge in [0, 0.05) is 20.0 Å². The Kier molecular flexibility index (Phi) is 4.45. The number of hydrogen-bond donors (Lipinski definition) is 0. The predicted molar refractivity (Wildman–Crippen MR) is 74.7 cm³/mol. The van der Waals surface area contributed by atoms with Crippen LogP contribution < -0.4 is 0 Å². The molecule has 0 aliphatic carbocycles. The minimum absolute atomic E-state index is 0.0288. The molecule has 6 heteroatoms. The van der Waals surface area contributed by atoms with E-state index in [-0.39, 0.29) is 23.3 Å². The van der Waals surface area contributed by atoms with E-state index in [1.54, 1.807) is 24.1 Å². The van der Waals surface area contributed by atoms with Gasteiger partial charge in [0.15, 0.2) is 0 Å². The van der Waals surface area contributed by atoms with Crippen molar-refractivity contribution in [2.24, 2.45) is 5.92 Å². The average Bonchev–Trinajstić information content (AvgIpc) is 2.41. The van der Waals surface area contributed by atoms with Crippen LogP contribution in [0.5, 0.6) is 0 Å². The lowest BCUT2D eigenvalue weighted by molar-refractivity contribution is -0.133. The van der Waals surface area contributed by atoms with E-state index in [2.05, 4.69) is 0 Å². The molecule has 0 bridgehead atoms. The molecule has 0 saturated carbocycles. The van der Waals surface area contributed by atoms with Crippen LogP contribution in [0.2, 0.25) is 0 Å². The summed E-state index contributed by atoms with van der Waals surface area (Å²) in [6.45, 7) is 2.61. The summed E-state index contributed by atoms with van der Waals surface area (Å²) < 4.78 is 29.1. The minimum atomic E-state index is -3.73. The van der Waals surface area contributed by atoms with Crippen LogP contribution in [0.25, 0.3) is 0 Å². The molecular weight excluding hydrogens is 278 g/mol. The van der Waals surface area contributed by atoms with Crippen LogP contribution in [0.15, 0.2) is 29.2 Å². The first-order valence-corrected chi connectivity index (χ1v) is 7.99. The largest absolute Gasteiger partial charge is 0.346 e. The monoisotopic (exact) mass is 297 g/mol. The van der Waals surface area contributed by atoms with E-state index in [4.69, 9.17) is 4.18 Å². The molecule has 2 rings (SSSR count). The third-order valence-electron chi connectivity index (χ3n) is 3.53. The molecule has 1 aliphatic rings. The maximum absolute atomic E-state index is 12.0. The lowest BCUT2D eigenvalue weighted by Gasteiger charge is -2.28. The van der Waals surface area contributed by atoms with Gasteiger partial charge >= 0.3 is 0 Å².